The highest BCUT2D eigenvalue weighted by molar-refractivity contribution is 6.35. The standard InChI is InChI=1S/C11H11Cl2NO3/c1-6(15)14-10(11(16)17)4-7-2-3-8(12)5-9(7)13/h2-3,5,10H,4H2,1H3,(H,14,15)(H,16,17)/t10-/m0/s1. The van der Waals surface area contributed by atoms with E-state index < -0.39 is 17.9 Å². The van der Waals surface area contributed by atoms with Gasteiger partial charge in [-0.25, -0.2) is 4.79 Å². The van der Waals surface area contributed by atoms with Crippen LogP contribution in [-0.4, -0.2) is 23.0 Å². The molecule has 0 aromatic heterocycles. The van der Waals surface area contributed by atoms with Crippen molar-refractivity contribution in [3.05, 3.63) is 33.8 Å². The number of hydrogen-bond acceptors (Lipinski definition) is 2. The van der Waals surface area contributed by atoms with Crippen molar-refractivity contribution in [1.29, 1.82) is 0 Å². The Morgan fingerprint density at radius 1 is 1.41 bits per heavy atom. The molecule has 6 heteroatoms. The maximum absolute atomic E-state index is 10.9. The molecular formula is C11H11Cl2NO3. The first kappa shape index (κ1) is 13.8. The number of rotatable bonds is 4. The molecule has 0 unspecified atom stereocenters. The quantitative estimate of drug-likeness (QED) is 0.885. The van der Waals surface area contributed by atoms with Crippen LogP contribution in [0.25, 0.3) is 0 Å². The number of aliphatic carboxylic acids is 1. The molecule has 0 aliphatic heterocycles. The molecular weight excluding hydrogens is 265 g/mol. The van der Waals surface area contributed by atoms with E-state index in [1.807, 2.05) is 0 Å². The fraction of sp³-hybridized carbons (Fsp3) is 0.273. The third kappa shape index (κ3) is 4.24. The molecule has 0 saturated heterocycles. The van der Waals surface area contributed by atoms with Gasteiger partial charge >= 0.3 is 5.97 Å². The fourth-order valence-corrected chi connectivity index (χ4v) is 1.84. The zero-order chi connectivity index (χ0) is 13.0. The predicted octanol–water partition coefficient (Wildman–Crippen LogP) is 2.13. The van der Waals surface area contributed by atoms with E-state index in [1.165, 1.54) is 13.0 Å². The average Bonchev–Trinajstić information content (AvgIpc) is 2.19. The highest BCUT2D eigenvalue weighted by atomic mass is 35.5. The Balaban J connectivity index is 2.86. The molecule has 4 nitrogen and oxygen atoms in total. The molecule has 0 fully saturated rings. The lowest BCUT2D eigenvalue weighted by Crippen LogP contribution is -2.41. The molecule has 0 saturated carbocycles. The van der Waals surface area contributed by atoms with Crippen LogP contribution in [0.15, 0.2) is 18.2 Å². The molecule has 0 aliphatic carbocycles. The molecule has 1 rings (SSSR count). The Hall–Kier alpha value is -1.26. The Morgan fingerprint density at radius 3 is 2.53 bits per heavy atom. The molecule has 0 radical (unpaired) electrons. The van der Waals surface area contributed by atoms with Crippen molar-refractivity contribution >= 4 is 35.1 Å². The number of carbonyl (C=O) groups is 2. The molecule has 0 spiro atoms. The first-order valence-electron chi connectivity index (χ1n) is 4.84. The normalized spacial score (nSPS) is 11.9. The Kier molecular flexibility index (Phi) is 4.78. The van der Waals surface area contributed by atoms with Crippen molar-refractivity contribution in [3.8, 4) is 0 Å². The second-order valence-electron chi connectivity index (χ2n) is 3.53. The SMILES string of the molecule is CC(=O)N[C@@H](Cc1ccc(Cl)cc1Cl)C(=O)O. The van der Waals surface area contributed by atoms with Gasteiger partial charge in [-0.15, -0.1) is 0 Å². The lowest BCUT2D eigenvalue weighted by molar-refractivity contribution is -0.141. The summed E-state index contributed by atoms with van der Waals surface area (Å²) in [7, 11) is 0. The Bertz CT molecular complexity index is 448. The third-order valence-corrected chi connectivity index (χ3v) is 2.70. The van der Waals surface area contributed by atoms with Crippen LogP contribution in [0.5, 0.6) is 0 Å². The number of nitrogens with one attached hydrogen (secondary N) is 1. The summed E-state index contributed by atoms with van der Waals surface area (Å²) in [5.74, 6) is -1.51. The van der Waals surface area contributed by atoms with Gasteiger partial charge in [0.25, 0.3) is 0 Å². The van der Waals surface area contributed by atoms with E-state index in [0.29, 0.717) is 15.6 Å². The van der Waals surface area contributed by atoms with Gasteiger partial charge in [0.1, 0.15) is 6.04 Å². The number of halogens is 2. The highest BCUT2D eigenvalue weighted by Gasteiger charge is 2.19. The maximum Gasteiger partial charge on any atom is 0.326 e. The highest BCUT2D eigenvalue weighted by Crippen LogP contribution is 2.22. The molecule has 1 atom stereocenters. The second-order valence-corrected chi connectivity index (χ2v) is 4.37. The van der Waals surface area contributed by atoms with Crippen molar-refractivity contribution in [2.75, 3.05) is 0 Å². The van der Waals surface area contributed by atoms with Gasteiger partial charge in [0.2, 0.25) is 5.91 Å². The van der Waals surface area contributed by atoms with Crippen LogP contribution in [0.3, 0.4) is 0 Å². The maximum atomic E-state index is 10.9. The van der Waals surface area contributed by atoms with E-state index in [9.17, 15) is 9.59 Å². The van der Waals surface area contributed by atoms with E-state index in [0.717, 1.165) is 0 Å². The average molecular weight is 276 g/mol. The Labute approximate surface area is 109 Å². The number of carboxylic acids is 1. The van der Waals surface area contributed by atoms with Gasteiger partial charge in [0.15, 0.2) is 0 Å². The van der Waals surface area contributed by atoms with Crippen LogP contribution in [0.2, 0.25) is 10.0 Å². The van der Waals surface area contributed by atoms with Crippen molar-refractivity contribution in [1.82, 2.24) is 5.32 Å². The summed E-state index contributed by atoms with van der Waals surface area (Å²) < 4.78 is 0. The summed E-state index contributed by atoms with van der Waals surface area (Å²) in [5.41, 5.74) is 0.622. The van der Waals surface area contributed by atoms with E-state index in [4.69, 9.17) is 28.3 Å². The van der Waals surface area contributed by atoms with Crippen molar-refractivity contribution in [2.24, 2.45) is 0 Å². The molecule has 2 N–H and O–H groups in total. The first-order valence-corrected chi connectivity index (χ1v) is 5.59. The zero-order valence-corrected chi connectivity index (χ0v) is 10.5. The number of hydrogen-bond donors (Lipinski definition) is 2. The van der Waals surface area contributed by atoms with E-state index in [1.54, 1.807) is 12.1 Å². The monoisotopic (exact) mass is 275 g/mol. The minimum Gasteiger partial charge on any atom is -0.480 e. The van der Waals surface area contributed by atoms with Gasteiger partial charge < -0.3 is 10.4 Å². The molecule has 92 valence electrons. The Morgan fingerprint density at radius 2 is 2.06 bits per heavy atom. The van der Waals surface area contributed by atoms with Gasteiger partial charge in [-0.05, 0) is 17.7 Å². The molecule has 1 amide bonds. The summed E-state index contributed by atoms with van der Waals surface area (Å²) in [6, 6.07) is 3.80. The van der Waals surface area contributed by atoms with Crippen LogP contribution in [0, 0.1) is 0 Å². The molecule has 1 aromatic rings. The summed E-state index contributed by atoms with van der Waals surface area (Å²) in [4.78, 5) is 21.8. The number of amides is 1. The molecule has 1 aromatic carbocycles. The van der Waals surface area contributed by atoms with Crippen LogP contribution in [-0.2, 0) is 16.0 Å². The second kappa shape index (κ2) is 5.89. The van der Waals surface area contributed by atoms with Gasteiger partial charge in [-0.3, -0.25) is 4.79 Å². The largest absolute Gasteiger partial charge is 0.480 e. The smallest absolute Gasteiger partial charge is 0.326 e. The van der Waals surface area contributed by atoms with E-state index >= 15 is 0 Å². The van der Waals surface area contributed by atoms with E-state index in [-0.39, 0.29) is 6.42 Å². The fourth-order valence-electron chi connectivity index (χ4n) is 1.35. The predicted molar refractivity (Wildman–Crippen MR) is 65.4 cm³/mol. The van der Waals surface area contributed by atoms with Gasteiger partial charge in [0, 0.05) is 23.4 Å². The molecule has 0 heterocycles. The van der Waals surface area contributed by atoms with Crippen LogP contribution >= 0.6 is 23.2 Å². The third-order valence-electron chi connectivity index (χ3n) is 2.11. The van der Waals surface area contributed by atoms with Gasteiger partial charge in [0.05, 0.1) is 0 Å². The summed E-state index contributed by atoms with van der Waals surface area (Å²) in [6.45, 7) is 1.26. The van der Waals surface area contributed by atoms with Crippen LogP contribution in [0.1, 0.15) is 12.5 Å². The number of benzene rings is 1. The molecule has 17 heavy (non-hydrogen) atoms. The van der Waals surface area contributed by atoms with Crippen molar-refractivity contribution < 1.29 is 14.7 Å². The topological polar surface area (TPSA) is 66.4 Å². The molecule has 0 bridgehead atoms. The van der Waals surface area contributed by atoms with E-state index in [2.05, 4.69) is 5.32 Å². The zero-order valence-electron chi connectivity index (χ0n) is 9.04. The minimum absolute atomic E-state index is 0.116. The van der Waals surface area contributed by atoms with Crippen LogP contribution < -0.4 is 5.32 Å². The van der Waals surface area contributed by atoms with Crippen molar-refractivity contribution in [2.45, 2.75) is 19.4 Å². The van der Waals surface area contributed by atoms with Crippen molar-refractivity contribution in [3.63, 3.8) is 0 Å². The van der Waals surface area contributed by atoms with Crippen LogP contribution in [0.4, 0.5) is 0 Å². The molecule has 0 aliphatic rings. The summed E-state index contributed by atoms with van der Waals surface area (Å²) >= 11 is 11.7. The lowest BCUT2D eigenvalue weighted by Gasteiger charge is -2.14. The number of carbonyl (C=O) groups excluding carboxylic acids is 1. The summed E-state index contributed by atoms with van der Waals surface area (Å²) in [5, 5.41) is 12.1. The van der Waals surface area contributed by atoms with Gasteiger partial charge in [-0.1, -0.05) is 29.3 Å². The van der Waals surface area contributed by atoms with Gasteiger partial charge in [-0.2, -0.15) is 0 Å². The minimum atomic E-state index is -1.11. The number of carboxylic acid groups (broad SMARTS) is 1. The summed E-state index contributed by atoms with van der Waals surface area (Å²) in [6.07, 6.45) is 0.116. The first-order chi connectivity index (χ1) is 7.90. The lowest BCUT2D eigenvalue weighted by atomic mass is 10.1.